The van der Waals surface area contributed by atoms with E-state index in [9.17, 15) is 54.0 Å². The Kier molecular flexibility index (Phi) is 36.2. The molecule has 11 heterocycles. The first-order valence-corrected chi connectivity index (χ1v) is 46.3. The number of amidine groups is 1. The van der Waals surface area contributed by atoms with Gasteiger partial charge in [0, 0.05) is 168 Å². The molecule has 16 rings (SSSR count). The van der Waals surface area contributed by atoms with Crippen LogP contribution < -0.4 is 9.80 Å². The predicted octanol–water partition coefficient (Wildman–Crippen LogP) is 18.1. The van der Waals surface area contributed by atoms with Gasteiger partial charge in [0.15, 0.2) is 23.9 Å². The Balaban J connectivity index is 0.000000162. The maximum atomic E-state index is 11.4. The number of likely N-dealkylation sites (N-methyl/N-ethyl adjacent to an activating group) is 1. The normalized spacial score (nSPS) is 14.0. The second-order valence-electron chi connectivity index (χ2n) is 37.1. The summed E-state index contributed by atoms with van der Waals surface area (Å²) in [5, 5.41) is 81.0. The highest BCUT2D eigenvalue weighted by atomic mass is 16.5. The van der Waals surface area contributed by atoms with Gasteiger partial charge in [0.25, 0.3) is 0 Å². The lowest BCUT2D eigenvalue weighted by Gasteiger charge is -2.35. The van der Waals surface area contributed by atoms with Crippen molar-refractivity contribution in [2.45, 2.75) is 179 Å². The van der Waals surface area contributed by atoms with E-state index in [1.54, 1.807) is 91.3 Å². The van der Waals surface area contributed by atoms with Crippen molar-refractivity contribution in [3.8, 4) is 0 Å². The number of aromatic nitrogens is 10. The summed E-state index contributed by atoms with van der Waals surface area (Å²) >= 11 is 0. The summed E-state index contributed by atoms with van der Waals surface area (Å²) in [6.45, 7) is 43.1. The fraction of sp³-hybridized carbons (Fsp3) is 0.461. The van der Waals surface area contributed by atoms with E-state index in [2.05, 4.69) is 204 Å². The smallest absolute Gasteiger partial charge is 0.357 e. The SMILES string of the molecule is CC(=O)N1CCN(c2cc(C(=O)O)cc(CC(C)C)n2)CC1.CC(C)Cc1cc(C(=O)O)cc(N2CCCCC2)n1.CC(C)c1cc(C(=O)O)cc2c1ccn2CCN(C)C.CC(C)c1cc(C(=O)O)cc2cn(CCN3CCOCC3)nc12.CC(C)c1cccc2c(C(=O)O)n(C)nc12.CC(C)c1cccc2c(C(=O)O)nn(C)c12.CC(C)c1cccc2c(C3=NCN=N3)cn(C)c12. The van der Waals surface area contributed by atoms with Crippen LogP contribution in [0, 0.1) is 11.8 Å². The number of hydrogen-bond acceptors (Lipinski definition) is 20. The number of benzene rings is 5. The number of amides is 1. The van der Waals surface area contributed by atoms with E-state index < -0.39 is 35.8 Å². The van der Waals surface area contributed by atoms with Gasteiger partial charge in [0.1, 0.15) is 11.6 Å². The first-order chi connectivity index (χ1) is 63.6. The number of anilines is 2. The van der Waals surface area contributed by atoms with Crippen molar-refractivity contribution in [1.29, 1.82) is 0 Å². The van der Waals surface area contributed by atoms with Crippen molar-refractivity contribution in [2.75, 3.05) is 109 Å². The number of para-hydroxylation sites is 2. The molecule has 0 bridgehead atoms. The number of fused-ring (bicyclic) bond motifs is 5. The number of carboxylic acids is 6. The number of carboxylic acid groups (broad SMARTS) is 6. The number of aryl methyl sites for hydroxylation is 3. The Morgan fingerprint density at radius 2 is 0.978 bits per heavy atom. The first kappa shape index (κ1) is 103. The van der Waals surface area contributed by atoms with Gasteiger partial charge < -0.3 is 64.1 Å². The third-order valence-corrected chi connectivity index (χ3v) is 23.9. The third-order valence-electron chi connectivity index (χ3n) is 23.9. The highest BCUT2D eigenvalue weighted by Gasteiger charge is 2.27. The summed E-state index contributed by atoms with van der Waals surface area (Å²) in [6.07, 6.45) is 11.3. The zero-order valence-corrected chi connectivity index (χ0v) is 81.3. The van der Waals surface area contributed by atoms with Gasteiger partial charge in [-0.25, -0.2) is 43.7 Å². The van der Waals surface area contributed by atoms with Crippen LogP contribution >= 0.6 is 0 Å². The largest absolute Gasteiger partial charge is 0.478 e. The molecule has 12 aromatic rings. The lowest BCUT2D eigenvalue weighted by atomic mass is 9.97. The molecule has 6 N–H and O–H groups in total. The molecule has 0 saturated carbocycles. The molecule has 0 radical (unpaired) electrons. The van der Waals surface area contributed by atoms with E-state index in [1.165, 1.54) is 40.4 Å². The Bertz CT molecular complexity index is 6190. The van der Waals surface area contributed by atoms with Gasteiger partial charge in [0.2, 0.25) is 5.91 Å². The topological polar surface area (TPSA) is 392 Å². The minimum absolute atomic E-state index is 0.0763. The highest BCUT2D eigenvalue weighted by Crippen LogP contribution is 2.35. The fourth-order valence-electron chi connectivity index (χ4n) is 17.0. The van der Waals surface area contributed by atoms with Crippen LogP contribution in [0.25, 0.3) is 54.5 Å². The first-order valence-electron chi connectivity index (χ1n) is 46.3. The maximum Gasteiger partial charge on any atom is 0.357 e. The summed E-state index contributed by atoms with van der Waals surface area (Å²) < 4.78 is 14.7. The zero-order valence-electron chi connectivity index (χ0n) is 81.3. The number of rotatable bonds is 24. The highest BCUT2D eigenvalue weighted by molar-refractivity contribution is 6.11. The lowest BCUT2D eigenvalue weighted by Crippen LogP contribution is -2.48. The van der Waals surface area contributed by atoms with E-state index in [4.69, 9.17) is 14.9 Å². The molecule has 3 saturated heterocycles. The molecule has 0 unspecified atom stereocenters. The maximum absolute atomic E-state index is 11.4. The minimum Gasteiger partial charge on any atom is -0.478 e. The van der Waals surface area contributed by atoms with Crippen molar-refractivity contribution < 1.29 is 68.9 Å². The van der Waals surface area contributed by atoms with Gasteiger partial charge in [0.05, 0.1) is 64.1 Å². The van der Waals surface area contributed by atoms with Crippen molar-refractivity contribution in [2.24, 2.45) is 48.2 Å². The number of aromatic carboxylic acids is 6. The van der Waals surface area contributed by atoms with Gasteiger partial charge in [-0.05, 0) is 170 Å². The monoisotopic (exact) mass is 1840 g/mol. The van der Waals surface area contributed by atoms with Crippen LogP contribution in [0.5, 0.6) is 0 Å². The van der Waals surface area contributed by atoms with Crippen molar-refractivity contribution in [3.63, 3.8) is 0 Å². The van der Waals surface area contributed by atoms with Crippen LogP contribution in [-0.4, -0.2) is 241 Å². The third kappa shape index (κ3) is 26.7. The van der Waals surface area contributed by atoms with Crippen LogP contribution in [-0.2, 0) is 56.6 Å². The standard InChI is InChI=1S/C17H23N3O3.C16H23N3O3.C16H22N2O2.C15H22N2O2.C14H16N4.2C12H14N2O2/c1-12(2)15-10-13(17(21)22)9-14-11-20(18-16(14)15)4-3-19-5-7-23-8-6-19;1-11(2)8-14-9-13(16(21)22)10-15(17-14)19-6-4-18(5-7-19)12(3)20;1-11(2)14-9-12(16(19)20)10-15-13(14)5-6-18(15)8-7-17(3)4;1-11(2)8-13-9-12(15(18)19)10-14(16-13)17-6-4-3-5-7-17;1-9(2)10-5-4-6-11-12(7-18(3)13(10)11)14-15-8-16-17-14;1-7(2)8-5-4-6-9-10(12(15)16)13-14(3)11(8)9;1-7(2)8-5-4-6-9-10(8)13-14(3)11(9)12(15)16/h9-12H,3-8H2,1-2H3,(H,21,22);9-11H,4-8H2,1-3H3,(H,21,22);5-6,9-11H,7-8H2,1-4H3,(H,19,20);9-11H,3-8H2,1-2H3,(H,18,19);4-7,9H,8H2,1-3H3;2*4-7H,1-3H3,(H,15,16). The number of aliphatic imine (C=N–C) groups is 1. The molecule has 1 amide bonds. The van der Waals surface area contributed by atoms with Gasteiger partial charge in [-0.3, -0.25) is 23.7 Å². The van der Waals surface area contributed by atoms with Crippen LogP contribution in [0.4, 0.5) is 11.6 Å². The number of pyridine rings is 2. The zero-order chi connectivity index (χ0) is 97.8. The molecular formula is C102H134N18O14. The quantitative estimate of drug-likeness (QED) is 0.0327. The van der Waals surface area contributed by atoms with Crippen molar-refractivity contribution in [3.05, 3.63) is 206 Å². The average molecular weight is 1840 g/mol. The number of ether oxygens (including phenoxy) is 1. The number of piperidine rings is 1. The minimum atomic E-state index is -0.980. The lowest BCUT2D eigenvalue weighted by molar-refractivity contribution is -0.129. The fourth-order valence-corrected chi connectivity index (χ4v) is 17.0. The predicted molar refractivity (Wildman–Crippen MR) is 526 cm³/mol. The molecule has 32 heteroatoms. The van der Waals surface area contributed by atoms with Crippen LogP contribution in [0.2, 0.25) is 0 Å². The van der Waals surface area contributed by atoms with Crippen LogP contribution in [0.1, 0.15) is 260 Å². The van der Waals surface area contributed by atoms with Gasteiger partial charge >= 0.3 is 35.8 Å². The molecule has 134 heavy (non-hydrogen) atoms. The van der Waals surface area contributed by atoms with Crippen molar-refractivity contribution in [1.82, 2.24) is 63.1 Å². The number of hydrogen-bond donors (Lipinski definition) is 6. The number of azo groups is 1. The van der Waals surface area contributed by atoms with E-state index >= 15 is 0 Å². The Morgan fingerprint density at radius 3 is 1.49 bits per heavy atom. The van der Waals surface area contributed by atoms with E-state index in [-0.39, 0.29) is 28.8 Å². The molecule has 0 aliphatic carbocycles. The number of nitrogens with zero attached hydrogens (tertiary/aromatic N) is 18. The van der Waals surface area contributed by atoms with E-state index in [0.717, 1.165) is 162 Å². The summed E-state index contributed by atoms with van der Waals surface area (Å²) in [7, 11) is 9.58. The molecular weight excluding hydrogens is 1700 g/mol. The molecule has 5 aromatic carbocycles. The van der Waals surface area contributed by atoms with Gasteiger partial charge in [-0.1, -0.05) is 152 Å². The molecule has 716 valence electrons. The Hall–Kier alpha value is -13.1. The van der Waals surface area contributed by atoms with Crippen LogP contribution in [0.3, 0.4) is 0 Å². The molecule has 0 spiro atoms. The number of carbonyl (C=O) groups is 7. The average Bonchev–Trinajstić information content (AvgIpc) is 1.84. The molecule has 7 aromatic heterocycles. The summed E-state index contributed by atoms with van der Waals surface area (Å²) in [4.78, 5) is 103. The van der Waals surface area contributed by atoms with E-state index in [1.807, 2.05) is 55.4 Å². The number of morpholine rings is 1. The summed E-state index contributed by atoms with van der Waals surface area (Å²) in [6, 6.07) is 33.6. The second kappa shape index (κ2) is 47.0. The number of carbonyl (C=O) groups excluding carboxylic acids is 1. The molecule has 4 aliphatic heterocycles. The Morgan fingerprint density at radius 1 is 0.463 bits per heavy atom. The second-order valence-corrected chi connectivity index (χ2v) is 37.1. The number of piperazine rings is 1. The molecule has 32 nitrogen and oxygen atoms in total. The Labute approximate surface area is 784 Å². The van der Waals surface area contributed by atoms with E-state index in [0.29, 0.717) is 102 Å². The van der Waals surface area contributed by atoms with Crippen LogP contribution in [0.15, 0.2) is 143 Å². The van der Waals surface area contributed by atoms with Gasteiger partial charge in [-0.15, -0.1) is 5.11 Å². The summed E-state index contributed by atoms with van der Waals surface area (Å²) in [5.74, 6) is -0.514. The summed E-state index contributed by atoms with van der Waals surface area (Å²) in [5.41, 5.74) is 15.0. The molecule has 3 fully saturated rings. The van der Waals surface area contributed by atoms with Crippen molar-refractivity contribution >= 4 is 114 Å². The van der Waals surface area contributed by atoms with Gasteiger partial charge in [-0.2, -0.15) is 20.4 Å². The molecule has 4 aliphatic rings. The molecule has 0 atom stereocenters.